The summed E-state index contributed by atoms with van der Waals surface area (Å²) in [5.74, 6) is 1.05. The van der Waals surface area contributed by atoms with Crippen LogP contribution in [0.15, 0.2) is 77.9 Å². The standard InChI is InChI=1S/C32H33N7O/c1-3-39-30-24(19-36-32(38-30)37-25-9-6-21(7-10-25)22-12-15-34-16-13-22)17-28(31(39)40)27-11-8-23(18-29(27)33)26-5-4-14-35-20(26)2/h4-11,14,17-19,22,34H,3,12-13,15-16,33H2,1-2H3,(H,36,37,38). The molecule has 40 heavy (non-hydrogen) atoms. The van der Waals surface area contributed by atoms with Crippen molar-refractivity contribution in [1.29, 1.82) is 0 Å². The van der Waals surface area contributed by atoms with E-state index in [0.717, 1.165) is 53.8 Å². The molecule has 8 heteroatoms. The molecule has 5 aromatic rings. The van der Waals surface area contributed by atoms with Crippen molar-refractivity contribution >= 4 is 28.4 Å². The van der Waals surface area contributed by atoms with Crippen LogP contribution >= 0.6 is 0 Å². The number of hydrogen-bond donors (Lipinski definition) is 3. The Labute approximate surface area is 233 Å². The molecule has 2 aromatic carbocycles. The molecule has 0 atom stereocenters. The number of nitrogen functional groups attached to an aromatic ring is 1. The molecule has 1 aliphatic heterocycles. The maximum atomic E-state index is 13.6. The molecule has 8 nitrogen and oxygen atoms in total. The highest BCUT2D eigenvalue weighted by Crippen LogP contribution is 2.32. The number of aryl methyl sites for hydroxylation is 2. The van der Waals surface area contributed by atoms with Crippen LogP contribution < -0.4 is 21.9 Å². The van der Waals surface area contributed by atoms with E-state index in [1.807, 2.05) is 50.2 Å². The van der Waals surface area contributed by atoms with Crippen molar-refractivity contribution in [1.82, 2.24) is 24.8 Å². The lowest BCUT2D eigenvalue weighted by molar-refractivity contribution is 0.460. The quantitative estimate of drug-likeness (QED) is 0.243. The minimum atomic E-state index is -0.136. The Hall–Kier alpha value is -4.56. The number of nitrogens with two attached hydrogens (primary N) is 1. The highest BCUT2D eigenvalue weighted by Gasteiger charge is 2.17. The van der Waals surface area contributed by atoms with Gasteiger partial charge in [-0.1, -0.05) is 30.3 Å². The Kier molecular flexibility index (Phi) is 7.00. The molecule has 0 amide bonds. The number of piperidine rings is 1. The summed E-state index contributed by atoms with van der Waals surface area (Å²) in [4.78, 5) is 27.3. The first-order valence-electron chi connectivity index (χ1n) is 13.8. The molecule has 0 radical (unpaired) electrons. The van der Waals surface area contributed by atoms with Crippen molar-refractivity contribution in [2.75, 3.05) is 24.1 Å². The number of hydrogen-bond acceptors (Lipinski definition) is 7. The number of rotatable bonds is 6. The monoisotopic (exact) mass is 531 g/mol. The SMILES string of the molecule is CCn1c(=O)c(-c2ccc(-c3cccnc3C)cc2N)cc2cnc(Nc3ccc(C4CCNCC4)cc3)nc21. The molecule has 1 fully saturated rings. The van der Waals surface area contributed by atoms with Gasteiger partial charge in [0.25, 0.3) is 5.56 Å². The van der Waals surface area contributed by atoms with Crippen molar-refractivity contribution in [3.05, 3.63) is 94.7 Å². The fraction of sp³-hybridized carbons (Fsp3) is 0.250. The highest BCUT2D eigenvalue weighted by atomic mass is 16.1. The summed E-state index contributed by atoms with van der Waals surface area (Å²) in [6.45, 7) is 6.52. The average molecular weight is 532 g/mol. The predicted octanol–water partition coefficient (Wildman–Crippen LogP) is 5.64. The van der Waals surface area contributed by atoms with Gasteiger partial charge in [-0.25, -0.2) is 4.98 Å². The van der Waals surface area contributed by atoms with E-state index in [0.29, 0.717) is 40.9 Å². The van der Waals surface area contributed by atoms with Crippen LogP contribution in [-0.4, -0.2) is 32.6 Å². The van der Waals surface area contributed by atoms with Crippen molar-refractivity contribution in [2.24, 2.45) is 0 Å². The van der Waals surface area contributed by atoms with Gasteiger partial charge < -0.3 is 16.4 Å². The normalized spacial score (nSPS) is 13.9. The summed E-state index contributed by atoms with van der Waals surface area (Å²) >= 11 is 0. The summed E-state index contributed by atoms with van der Waals surface area (Å²) in [5.41, 5.74) is 13.9. The Balaban J connectivity index is 1.31. The van der Waals surface area contributed by atoms with E-state index in [4.69, 9.17) is 10.7 Å². The zero-order valence-corrected chi connectivity index (χ0v) is 22.8. The number of pyridine rings is 2. The van der Waals surface area contributed by atoms with E-state index in [9.17, 15) is 4.79 Å². The summed E-state index contributed by atoms with van der Waals surface area (Å²) < 4.78 is 1.68. The van der Waals surface area contributed by atoms with E-state index in [1.165, 1.54) is 5.56 Å². The largest absolute Gasteiger partial charge is 0.398 e. The lowest BCUT2D eigenvalue weighted by atomic mass is 9.90. The van der Waals surface area contributed by atoms with Crippen LogP contribution in [0.5, 0.6) is 0 Å². The van der Waals surface area contributed by atoms with Crippen molar-refractivity contribution in [3.8, 4) is 22.3 Å². The molecule has 4 N–H and O–H groups in total. The van der Waals surface area contributed by atoms with Gasteiger partial charge in [-0.2, -0.15) is 4.98 Å². The Morgan fingerprint density at radius 2 is 1.80 bits per heavy atom. The maximum absolute atomic E-state index is 13.6. The lowest BCUT2D eigenvalue weighted by Gasteiger charge is -2.23. The second-order valence-corrected chi connectivity index (χ2v) is 10.3. The Morgan fingerprint density at radius 1 is 1.00 bits per heavy atom. The summed E-state index contributed by atoms with van der Waals surface area (Å²) in [5, 5.41) is 7.50. The third-order valence-electron chi connectivity index (χ3n) is 7.78. The number of nitrogens with one attached hydrogen (secondary N) is 2. The summed E-state index contributed by atoms with van der Waals surface area (Å²) in [7, 11) is 0. The molecule has 202 valence electrons. The maximum Gasteiger partial charge on any atom is 0.260 e. The van der Waals surface area contributed by atoms with Gasteiger partial charge in [-0.05, 0) is 87.2 Å². The smallest absolute Gasteiger partial charge is 0.260 e. The molecule has 1 saturated heterocycles. The molecule has 1 aliphatic rings. The average Bonchev–Trinajstić information content (AvgIpc) is 2.98. The number of nitrogens with zero attached hydrogens (tertiary/aromatic N) is 4. The van der Waals surface area contributed by atoms with Gasteiger partial charge >= 0.3 is 0 Å². The fourth-order valence-electron chi connectivity index (χ4n) is 5.59. The van der Waals surface area contributed by atoms with Gasteiger partial charge in [-0.3, -0.25) is 14.3 Å². The van der Waals surface area contributed by atoms with E-state index < -0.39 is 0 Å². The van der Waals surface area contributed by atoms with Crippen molar-refractivity contribution < 1.29 is 0 Å². The zero-order valence-electron chi connectivity index (χ0n) is 22.8. The Bertz CT molecular complexity index is 1740. The molecule has 0 spiro atoms. The van der Waals surface area contributed by atoms with Crippen LogP contribution in [-0.2, 0) is 6.54 Å². The first-order chi connectivity index (χ1) is 19.5. The van der Waals surface area contributed by atoms with Crippen LogP contribution in [0.1, 0.15) is 36.9 Å². The molecule has 0 bridgehead atoms. The van der Waals surface area contributed by atoms with Crippen LogP contribution in [0, 0.1) is 6.92 Å². The highest BCUT2D eigenvalue weighted by molar-refractivity contribution is 5.87. The number of anilines is 3. The van der Waals surface area contributed by atoms with Gasteiger partial charge in [0, 0.05) is 52.5 Å². The molecule has 0 saturated carbocycles. The number of fused-ring (bicyclic) bond motifs is 1. The minimum Gasteiger partial charge on any atom is -0.398 e. The molecular weight excluding hydrogens is 498 g/mol. The third-order valence-corrected chi connectivity index (χ3v) is 7.78. The van der Waals surface area contributed by atoms with Gasteiger partial charge in [0.15, 0.2) is 0 Å². The van der Waals surface area contributed by atoms with Crippen molar-refractivity contribution in [3.63, 3.8) is 0 Å². The van der Waals surface area contributed by atoms with E-state index in [1.54, 1.807) is 17.0 Å². The molecule has 0 aliphatic carbocycles. The predicted molar refractivity (Wildman–Crippen MR) is 162 cm³/mol. The first kappa shape index (κ1) is 25.7. The third kappa shape index (κ3) is 4.94. The van der Waals surface area contributed by atoms with Crippen LogP contribution in [0.25, 0.3) is 33.3 Å². The first-order valence-corrected chi connectivity index (χ1v) is 13.8. The minimum absolute atomic E-state index is 0.136. The summed E-state index contributed by atoms with van der Waals surface area (Å²) in [6, 6.07) is 20.0. The fourth-order valence-corrected chi connectivity index (χ4v) is 5.59. The lowest BCUT2D eigenvalue weighted by Crippen LogP contribution is -2.26. The van der Waals surface area contributed by atoms with Gasteiger partial charge in [0.1, 0.15) is 5.65 Å². The van der Waals surface area contributed by atoms with Gasteiger partial charge in [0.05, 0.1) is 5.56 Å². The number of aromatic nitrogens is 4. The molecular formula is C32H33N7O. The van der Waals surface area contributed by atoms with E-state index in [2.05, 4.69) is 44.9 Å². The molecule has 0 unspecified atom stereocenters. The second kappa shape index (κ2) is 10.9. The number of benzene rings is 2. The van der Waals surface area contributed by atoms with E-state index in [-0.39, 0.29) is 5.56 Å². The van der Waals surface area contributed by atoms with Crippen LogP contribution in [0.3, 0.4) is 0 Å². The Morgan fingerprint density at radius 3 is 2.52 bits per heavy atom. The molecule has 4 heterocycles. The van der Waals surface area contributed by atoms with Crippen molar-refractivity contribution in [2.45, 2.75) is 39.2 Å². The molecule has 3 aromatic heterocycles. The van der Waals surface area contributed by atoms with E-state index >= 15 is 0 Å². The molecule has 6 rings (SSSR count). The summed E-state index contributed by atoms with van der Waals surface area (Å²) in [6.07, 6.45) is 5.86. The van der Waals surface area contributed by atoms with Crippen LogP contribution in [0.4, 0.5) is 17.3 Å². The zero-order chi connectivity index (χ0) is 27.6. The van der Waals surface area contributed by atoms with Gasteiger partial charge in [-0.15, -0.1) is 0 Å². The van der Waals surface area contributed by atoms with Gasteiger partial charge in [0.2, 0.25) is 5.95 Å². The second-order valence-electron chi connectivity index (χ2n) is 10.3. The van der Waals surface area contributed by atoms with Crippen LogP contribution in [0.2, 0.25) is 0 Å². The topological polar surface area (TPSA) is 111 Å².